The number of halogens is 4. The van der Waals surface area contributed by atoms with E-state index in [0.717, 1.165) is 7.05 Å². The molecule has 8 nitrogen and oxygen atoms in total. The number of carbonyl (C=O) groups is 1. The Bertz CT molecular complexity index is 1240. The number of alkyl halides is 3. The van der Waals surface area contributed by atoms with Crippen LogP contribution in [0.2, 0.25) is 0 Å². The van der Waals surface area contributed by atoms with Gasteiger partial charge in [0.2, 0.25) is 5.88 Å². The molecule has 0 aliphatic heterocycles. The number of carbonyl (C=O) groups excluding carboxylic acids is 1. The first kappa shape index (κ1) is 22.3. The molecule has 0 radical (unpaired) electrons. The van der Waals surface area contributed by atoms with Gasteiger partial charge in [-0.15, -0.1) is 0 Å². The topological polar surface area (TPSA) is 92.4 Å². The standard InChI is InChI=1S/C19H13BrF3N3O5/c1-25-15(19(21,22)23)9-17(28)26(18(25)29)11-2-4-13(20)14(8-11)31-16-5-3-12(10-24-16)30-7-6-27/h2-6,8-10H,7H2,1H3. The van der Waals surface area contributed by atoms with Crippen LogP contribution in [0.15, 0.2) is 56.7 Å². The van der Waals surface area contributed by atoms with Crippen molar-refractivity contribution in [2.45, 2.75) is 6.18 Å². The van der Waals surface area contributed by atoms with Crippen LogP contribution in [0.5, 0.6) is 17.4 Å². The maximum Gasteiger partial charge on any atom is 0.431 e. The van der Waals surface area contributed by atoms with Crippen LogP contribution < -0.4 is 20.7 Å². The van der Waals surface area contributed by atoms with E-state index in [0.29, 0.717) is 31.7 Å². The number of aldehydes is 1. The van der Waals surface area contributed by atoms with Gasteiger partial charge in [0, 0.05) is 25.2 Å². The minimum Gasteiger partial charge on any atom is -0.485 e. The molecular weight excluding hydrogens is 487 g/mol. The fraction of sp³-hybridized carbons (Fsp3) is 0.158. The first-order valence-corrected chi connectivity index (χ1v) is 9.31. The molecule has 0 amide bonds. The highest BCUT2D eigenvalue weighted by atomic mass is 79.9. The molecule has 2 aromatic heterocycles. The van der Waals surface area contributed by atoms with Crippen molar-refractivity contribution in [3.8, 4) is 23.1 Å². The van der Waals surface area contributed by atoms with Gasteiger partial charge in [-0.2, -0.15) is 13.2 Å². The molecule has 12 heteroatoms. The third-order valence-electron chi connectivity index (χ3n) is 4.03. The van der Waals surface area contributed by atoms with Crippen LogP contribution >= 0.6 is 15.9 Å². The largest absolute Gasteiger partial charge is 0.485 e. The lowest BCUT2D eigenvalue weighted by molar-refractivity contribution is -0.144. The van der Waals surface area contributed by atoms with Crippen LogP contribution in [0, 0.1) is 0 Å². The van der Waals surface area contributed by atoms with Crippen molar-refractivity contribution in [3.05, 3.63) is 73.6 Å². The van der Waals surface area contributed by atoms with Gasteiger partial charge in [0.05, 0.1) is 16.4 Å². The summed E-state index contributed by atoms with van der Waals surface area (Å²) in [6.45, 7) is -0.133. The average Bonchev–Trinajstić information content (AvgIpc) is 2.71. The van der Waals surface area contributed by atoms with Gasteiger partial charge in [-0.1, -0.05) is 0 Å². The molecule has 0 unspecified atom stereocenters. The van der Waals surface area contributed by atoms with Crippen LogP contribution in [-0.2, 0) is 18.0 Å². The number of hydrogen-bond donors (Lipinski definition) is 0. The number of rotatable bonds is 6. The molecule has 0 N–H and O–H groups in total. The number of ether oxygens (including phenoxy) is 2. The Morgan fingerprint density at radius 3 is 2.52 bits per heavy atom. The van der Waals surface area contributed by atoms with Gasteiger partial charge in [-0.3, -0.25) is 14.2 Å². The van der Waals surface area contributed by atoms with Gasteiger partial charge in [-0.05, 0) is 34.1 Å². The second-order valence-corrected chi connectivity index (χ2v) is 6.92. The van der Waals surface area contributed by atoms with Crippen molar-refractivity contribution < 1.29 is 27.4 Å². The first-order valence-electron chi connectivity index (χ1n) is 8.52. The molecule has 0 aliphatic carbocycles. The van der Waals surface area contributed by atoms with Gasteiger partial charge in [0.25, 0.3) is 5.56 Å². The highest BCUT2D eigenvalue weighted by Crippen LogP contribution is 2.31. The maximum atomic E-state index is 13.0. The average molecular weight is 500 g/mol. The predicted molar refractivity (Wildman–Crippen MR) is 106 cm³/mol. The van der Waals surface area contributed by atoms with E-state index in [-0.39, 0.29) is 23.9 Å². The summed E-state index contributed by atoms with van der Waals surface area (Å²) in [6, 6.07) is 7.47. The van der Waals surface area contributed by atoms with Gasteiger partial charge >= 0.3 is 11.9 Å². The minimum absolute atomic E-state index is 0.00320. The van der Waals surface area contributed by atoms with Crippen molar-refractivity contribution in [1.82, 2.24) is 14.1 Å². The third-order valence-corrected chi connectivity index (χ3v) is 4.68. The Labute approximate surface area is 180 Å². The van der Waals surface area contributed by atoms with Crippen molar-refractivity contribution in [2.75, 3.05) is 6.61 Å². The zero-order valence-corrected chi connectivity index (χ0v) is 17.3. The summed E-state index contributed by atoms with van der Waals surface area (Å²) in [4.78, 5) is 39.1. The lowest BCUT2D eigenvalue weighted by atomic mass is 10.3. The fourth-order valence-corrected chi connectivity index (χ4v) is 2.93. The SMILES string of the molecule is Cn1c(C(F)(F)F)cc(=O)n(-c2ccc(Br)c(Oc3ccc(OCC=O)cn3)c2)c1=O. The predicted octanol–water partition coefficient (Wildman–Crippen LogP) is 3.08. The normalized spacial score (nSPS) is 11.3. The van der Waals surface area contributed by atoms with E-state index in [1.165, 1.54) is 36.5 Å². The quantitative estimate of drug-likeness (QED) is 0.484. The highest BCUT2D eigenvalue weighted by Gasteiger charge is 2.35. The molecule has 2 heterocycles. The van der Waals surface area contributed by atoms with E-state index in [2.05, 4.69) is 20.9 Å². The monoisotopic (exact) mass is 499 g/mol. The van der Waals surface area contributed by atoms with E-state index < -0.39 is 23.1 Å². The summed E-state index contributed by atoms with van der Waals surface area (Å²) in [5.74, 6) is 0.622. The lowest BCUT2D eigenvalue weighted by Gasteiger charge is -2.15. The Morgan fingerprint density at radius 2 is 1.90 bits per heavy atom. The number of aromatic nitrogens is 3. The van der Waals surface area contributed by atoms with Crippen molar-refractivity contribution in [1.29, 1.82) is 0 Å². The van der Waals surface area contributed by atoms with Crippen LogP contribution in [0.1, 0.15) is 5.69 Å². The summed E-state index contributed by atoms with van der Waals surface area (Å²) in [5, 5.41) is 0. The van der Waals surface area contributed by atoms with Gasteiger partial charge in [0.15, 0.2) is 6.29 Å². The molecular formula is C19H13BrF3N3O5. The molecule has 31 heavy (non-hydrogen) atoms. The zero-order valence-electron chi connectivity index (χ0n) is 15.7. The summed E-state index contributed by atoms with van der Waals surface area (Å²) >= 11 is 3.26. The second kappa shape index (κ2) is 8.76. The van der Waals surface area contributed by atoms with Crippen molar-refractivity contribution >= 4 is 22.2 Å². The second-order valence-electron chi connectivity index (χ2n) is 6.07. The fourth-order valence-electron chi connectivity index (χ4n) is 2.60. The summed E-state index contributed by atoms with van der Waals surface area (Å²) in [6.07, 6.45) is -2.94. The molecule has 0 fully saturated rings. The van der Waals surface area contributed by atoms with E-state index in [1.54, 1.807) is 0 Å². The summed E-state index contributed by atoms with van der Waals surface area (Å²) in [5.41, 5.74) is -3.65. The van der Waals surface area contributed by atoms with Crippen LogP contribution in [-0.4, -0.2) is 27.0 Å². The Hall–Kier alpha value is -3.41. The molecule has 0 bridgehead atoms. The van der Waals surface area contributed by atoms with Gasteiger partial charge in [0.1, 0.15) is 23.8 Å². The molecule has 0 aliphatic rings. The molecule has 0 spiro atoms. The molecule has 0 saturated carbocycles. The smallest absolute Gasteiger partial charge is 0.431 e. The van der Waals surface area contributed by atoms with Crippen LogP contribution in [0.25, 0.3) is 5.69 Å². The lowest BCUT2D eigenvalue weighted by Crippen LogP contribution is -2.40. The first-order chi connectivity index (χ1) is 14.6. The van der Waals surface area contributed by atoms with E-state index in [4.69, 9.17) is 9.47 Å². The molecule has 1 aromatic carbocycles. The number of hydrogen-bond acceptors (Lipinski definition) is 6. The van der Waals surface area contributed by atoms with E-state index in [9.17, 15) is 27.6 Å². The van der Waals surface area contributed by atoms with Gasteiger partial charge in [-0.25, -0.2) is 14.3 Å². The number of pyridine rings is 1. The Kier molecular flexibility index (Phi) is 6.29. The van der Waals surface area contributed by atoms with Crippen molar-refractivity contribution in [3.63, 3.8) is 0 Å². The van der Waals surface area contributed by atoms with Crippen molar-refractivity contribution in [2.24, 2.45) is 7.05 Å². The van der Waals surface area contributed by atoms with Gasteiger partial charge < -0.3 is 9.47 Å². The highest BCUT2D eigenvalue weighted by molar-refractivity contribution is 9.10. The molecule has 3 aromatic rings. The van der Waals surface area contributed by atoms with Crippen LogP contribution in [0.3, 0.4) is 0 Å². The van der Waals surface area contributed by atoms with Crippen LogP contribution in [0.4, 0.5) is 13.2 Å². The number of benzene rings is 1. The number of nitrogens with zero attached hydrogens (tertiary/aromatic N) is 3. The Morgan fingerprint density at radius 1 is 1.16 bits per heavy atom. The molecule has 0 atom stereocenters. The zero-order chi connectivity index (χ0) is 22.8. The third kappa shape index (κ3) is 4.85. The van der Waals surface area contributed by atoms with E-state index >= 15 is 0 Å². The molecule has 0 saturated heterocycles. The maximum absolute atomic E-state index is 13.0. The minimum atomic E-state index is -4.85. The molecule has 3 rings (SSSR count). The summed E-state index contributed by atoms with van der Waals surface area (Å²) < 4.78 is 51.2. The Balaban J connectivity index is 1.98. The molecule has 162 valence electrons. The van der Waals surface area contributed by atoms with E-state index in [1.807, 2.05) is 0 Å². The summed E-state index contributed by atoms with van der Waals surface area (Å²) in [7, 11) is 0.926.